The maximum atomic E-state index is 13.5. The highest BCUT2D eigenvalue weighted by molar-refractivity contribution is 7.92. The Kier molecular flexibility index (Phi) is 9.37. The van der Waals surface area contributed by atoms with Crippen LogP contribution in [0.5, 0.6) is 0 Å². The number of rotatable bonds is 11. The predicted octanol–water partition coefficient (Wildman–Crippen LogP) is 3.16. The maximum absolute atomic E-state index is 13.5. The minimum atomic E-state index is -4.49. The monoisotopic (exact) mass is 579 g/mol. The van der Waals surface area contributed by atoms with Gasteiger partial charge in [0.25, 0.3) is 0 Å². The number of carbonyl (C=O) groups is 2. The molecular weight excluding hydrogens is 551 g/mol. The Morgan fingerprint density at radius 3 is 2.30 bits per heavy atom. The van der Waals surface area contributed by atoms with Gasteiger partial charge in [0, 0.05) is 18.5 Å². The van der Waals surface area contributed by atoms with Crippen LogP contribution in [0.2, 0.25) is 0 Å². The molecule has 3 rings (SSSR count). The van der Waals surface area contributed by atoms with Crippen LogP contribution < -0.4 is 16.8 Å². The Bertz CT molecular complexity index is 1510. The normalized spacial score (nSPS) is 12.6. The number of hydrogen-bond donors (Lipinski definition) is 5. The first-order valence-electron chi connectivity index (χ1n) is 12.0. The zero-order valence-corrected chi connectivity index (χ0v) is 21.9. The summed E-state index contributed by atoms with van der Waals surface area (Å²) in [5, 5.41) is 20.8. The van der Waals surface area contributed by atoms with Gasteiger partial charge in [-0.25, -0.2) is 8.42 Å². The van der Waals surface area contributed by atoms with Gasteiger partial charge in [-0.1, -0.05) is 42.5 Å². The highest BCUT2D eigenvalue weighted by Gasteiger charge is 2.30. The number of aliphatic carboxylic acids is 1. The molecule has 7 N–H and O–H groups in total. The van der Waals surface area contributed by atoms with Gasteiger partial charge in [0.2, 0.25) is 5.91 Å². The highest BCUT2D eigenvalue weighted by Crippen LogP contribution is 2.33. The zero-order chi connectivity index (χ0) is 29.7. The Hall–Kier alpha value is -4.17. The largest absolute Gasteiger partial charge is 0.480 e. The van der Waals surface area contributed by atoms with Crippen molar-refractivity contribution in [3.05, 3.63) is 71.8 Å². The molecule has 0 saturated carbocycles. The first kappa shape index (κ1) is 30.4. The summed E-state index contributed by atoms with van der Waals surface area (Å²) in [6.07, 6.45) is -4.46. The standard InChI is InChI=1S/C26H28F3N5O5S/c27-26(28,29)18-10-7-16(8-11-18)14-33-23-19-5-2-1-4-17(19)9-12-21(23)40(38,39)15-22(35)34(25(31)32)13-3-6-20(30)24(36)37/h1-2,4-5,7-12,20,33H,3,6,13-15,30H2,(H3,31,32)(H,36,37). The van der Waals surface area contributed by atoms with Crippen molar-refractivity contribution in [1.29, 1.82) is 5.41 Å². The molecule has 0 heterocycles. The Morgan fingerprint density at radius 2 is 1.70 bits per heavy atom. The molecule has 1 amide bonds. The molecule has 3 aromatic carbocycles. The van der Waals surface area contributed by atoms with E-state index in [1.807, 2.05) is 0 Å². The van der Waals surface area contributed by atoms with Gasteiger partial charge in [-0.2, -0.15) is 13.2 Å². The molecule has 0 aliphatic rings. The van der Waals surface area contributed by atoms with Crippen LogP contribution in [-0.4, -0.2) is 54.6 Å². The molecule has 0 aliphatic heterocycles. The molecule has 1 unspecified atom stereocenters. The van der Waals surface area contributed by atoms with E-state index in [1.54, 1.807) is 30.3 Å². The molecule has 0 radical (unpaired) electrons. The number of anilines is 1. The molecule has 0 aliphatic carbocycles. The summed E-state index contributed by atoms with van der Waals surface area (Å²) in [4.78, 5) is 24.3. The van der Waals surface area contributed by atoms with E-state index in [2.05, 4.69) is 5.32 Å². The number of nitrogens with one attached hydrogen (secondary N) is 2. The summed E-state index contributed by atoms with van der Waals surface area (Å²) in [5.74, 6) is -3.97. The van der Waals surface area contributed by atoms with Crippen molar-refractivity contribution in [3.63, 3.8) is 0 Å². The number of hydrogen-bond acceptors (Lipinski definition) is 7. The lowest BCUT2D eigenvalue weighted by molar-refractivity contribution is -0.139. The molecule has 0 aromatic heterocycles. The van der Waals surface area contributed by atoms with Gasteiger partial charge in [-0.15, -0.1) is 0 Å². The fourth-order valence-corrected chi connectivity index (χ4v) is 5.39. The third-order valence-electron chi connectivity index (χ3n) is 6.10. The first-order valence-corrected chi connectivity index (χ1v) is 13.6. The van der Waals surface area contributed by atoms with E-state index in [0.717, 1.165) is 17.0 Å². The van der Waals surface area contributed by atoms with Crippen molar-refractivity contribution in [1.82, 2.24) is 4.90 Å². The zero-order valence-electron chi connectivity index (χ0n) is 21.1. The van der Waals surface area contributed by atoms with Gasteiger partial charge in [-0.05, 0) is 42.0 Å². The number of benzene rings is 3. The van der Waals surface area contributed by atoms with Crippen molar-refractivity contribution in [3.8, 4) is 0 Å². The number of carboxylic acids is 1. The van der Waals surface area contributed by atoms with Gasteiger partial charge in [-0.3, -0.25) is 19.9 Å². The number of carbonyl (C=O) groups excluding carboxylic acids is 1. The van der Waals surface area contributed by atoms with Crippen molar-refractivity contribution in [2.45, 2.75) is 36.5 Å². The van der Waals surface area contributed by atoms with E-state index in [0.29, 0.717) is 16.3 Å². The number of halogens is 3. The summed E-state index contributed by atoms with van der Waals surface area (Å²) >= 11 is 0. The van der Waals surface area contributed by atoms with E-state index in [4.69, 9.17) is 22.0 Å². The number of fused-ring (bicyclic) bond motifs is 1. The fraction of sp³-hybridized carbons (Fsp3) is 0.269. The second-order valence-electron chi connectivity index (χ2n) is 8.98. The van der Waals surface area contributed by atoms with Crippen LogP contribution in [0.3, 0.4) is 0 Å². The minimum Gasteiger partial charge on any atom is -0.480 e. The molecule has 0 fully saturated rings. The Labute approximate surface area is 228 Å². The van der Waals surface area contributed by atoms with Crippen LogP contribution in [-0.2, 0) is 32.1 Å². The van der Waals surface area contributed by atoms with Gasteiger partial charge >= 0.3 is 12.1 Å². The lowest BCUT2D eigenvalue weighted by Crippen LogP contribution is -2.45. The lowest BCUT2D eigenvalue weighted by Gasteiger charge is -2.22. The molecule has 3 aromatic rings. The number of amides is 1. The number of carboxylic acid groups (broad SMARTS) is 1. The molecule has 0 spiro atoms. The SMILES string of the molecule is N=C(N)N(CCCC(N)C(=O)O)C(=O)CS(=O)(=O)c1ccc2ccccc2c1NCc1ccc(C(F)(F)F)cc1. The van der Waals surface area contributed by atoms with Crippen LogP contribution in [0.1, 0.15) is 24.0 Å². The average Bonchev–Trinajstić information content (AvgIpc) is 2.88. The second kappa shape index (κ2) is 12.3. The van der Waals surface area contributed by atoms with Gasteiger partial charge in [0.15, 0.2) is 15.8 Å². The molecule has 0 saturated heterocycles. The van der Waals surface area contributed by atoms with E-state index in [-0.39, 0.29) is 36.5 Å². The number of alkyl halides is 3. The number of sulfone groups is 1. The van der Waals surface area contributed by atoms with Crippen LogP contribution in [0, 0.1) is 5.41 Å². The molecule has 40 heavy (non-hydrogen) atoms. The number of guanidine groups is 1. The molecule has 214 valence electrons. The average molecular weight is 580 g/mol. The van der Waals surface area contributed by atoms with Crippen molar-refractivity contribution < 1.29 is 36.3 Å². The van der Waals surface area contributed by atoms with Crippen LogP contribution in [0.4, 0.5) is 18.9 Å². The minimum absolute atomic E-state index is 0.00792. The van der Waals surface area contributed by atoms with Gasteiger partial charge < -0.3 is 21.9 Å². The Morgan fingerprint density at radius 1 is 1.05 bits per heavy atom. The van der Waals surface area contributed by atoms with E-state index >= 15 is 0 Å². The van der Waals surface area contributed by atoms with Crippen LogP contribution >= 0.6 is 0 Å². The molecule has 14 heteroatoms. The van der Waals surface area contributed by atoms with Crippen molar-refractivity contribution >= 4 is 44.1 Å². The Balaban J connectivity index is 1.87. The lowest BCUT2D eigenvalue weighted by atomic mass is 10.1. The van der Waals surface area contributed by atoms with E-state index in [9.17, 15) is 31.2 Å². The maximum Gasteiger partial charge on any atom is 0.416 e. The summed E-state index contributed by atoms with van der Waals surface area (Å²) in [7, 11) is -4.32. The fourth-order valence-electron chi connectivity index (χ4n) is 3.99. The van der Waals surface area contributed by atoms with E-state index < -0.39 is 51.2 Å². The topological polar surface area (TPSA) is 180 Å². The quantitative estimate of drug-likeness (QED) is 0.170. The summed E-state index contributed by atoms with van der Waals surface area (Å²) < 4.78 is 65.6. The first-order chi connectivity index (χ1) is 18.7. The highest BCUT2D eigenvalue weighted by atomic mass is 32.2. The third-order valence-corrected chi connectivity index (χ3v) is 7.73. The molecular formula is C26H28F3N5O5S. The molecule has 1 atom stereocenters. The molecule has 10 nitrogen and oxygen atoms in total. The second-order valence-corrected chi connectivity index (χ2v) is 10.9. The molecule has 0 bridgehead atoms. The summed E-state index contributed by atoms with van der Waals surface area (Å²) in [5.41, 5.74) is 10.7. The third kappa shape index (κ3) is 7.48. The van der Waals surface area contributed by atoms with Crippen LogP contribution in [0.15, 0.2) is 65.6 Å². The van der Waals surface area contributed by atoms with Crippen molar-refractivity contribution in [2.75, 3.05) is 17.6 Å². The van der Waals surface area contributed by atoms with Gasteiger partial charge in [0.1, 0.15) is 11.8 Å². The van der Waals surface area contributed by atoms with Crippen LogP contribution in [0.25, 0.3) is 10.8 Å². The van der Waals surface area contributed by atoms with Gasteiger partial charge in [0.05, 0.1) is 16.1 Å². The summed E-state index contributed by atoms with van der Waals surface area (Å²) in [6, 6.07) is 13.0. The van der Waals surface area contributed by atoms with Crippen molar-refractivity contribution in [2.24, 2.45) is 11.5 Å². The smallest absolute Gasteiger partial charge is 0.416 e. The summed E-state index contributed by atoms with van der Waals surface area (Å²) in [6.45, 7) is -0.215. The predicted molar refractivity (Wildman–Crippen MR) is 143 cm³/mol. The number of nitrogens with zero attached hydrogens (tertiary/aromatic N) is 1. The van der Waals surface area contributed by atoms with E-state index in [1.165, 1.54) is 18.2 Å². The number of nitrogens with two attached hydrogens (primary N) is 2.